The number of anilines is 1. The van der Waals surface area contributed by atoms with E-state index in [2.05, 4.69) is 0 Å². The van der Waals surface area contributed by atoms with Gasteiger partial charge in [-0.1, -0.05) is 11.6 Å². The Morgan fingerprint density at radius 1 is 1.25 bits per heavy atom. The summed E-state index contributed by atoms with van der Waals surface area (Å²) in [5, 5.41) is 11.6. The molecule has 1 aromatic rings. The van der Waals surface area contributed by atoms with Gasteiger partial charge in [0, 0.05) is 37.3 Å². The minimum absolute atomic E-state index is 0.0202. The lowest BCUT2D eigenvalue weighted by molar-refractivity contribution is -0.384. The molecule has 2 rings (SSSR count). The molecular formula is C16H22ClN3O4. The van der Waals surface area contributed by atoms with Gasteiger partial charge in [-0.05, 0) is 39.3 Å². The van der Waals surface area contributed by atoms with Crippen LogP contribution >= 0.6 is 11.6 Å². The van der Waals surface area contributed by atoms with Crippen LogP contribution in [0.2, 0.25) is 5.02 Å². The molecule has 0 saturated carbocycles. The van der Waals surface area contributed by atoms with Gasteiger partial charge in [-0.2, -0.15) is 0 Å². The highest BCUT2D eigenvalue weighted by atomic mass is 35.5. The van der Waals surface area contributed by atoms with Gasteiger partial charge in [-0.25, -0.2) is 4.79 Å². The third kappa shape index (κ3) is 4.74. The number of nitro benzene ring substituents is 1. The summed E-state index contributed by atoms with van der Waals surface area (Å²) in [6.45, 7) is 7.62. The van der Waals surface area contributed by atoms with Crippen LogP contribution in [0.4, 0.5) is 16.2 Å². The summed E-state index contributed by atoms with van der Waals surface area (Å²) in [5.41, 5.74) is -0.0402. The second-order valence-electron chi connectivity index (χ2n) is 6.70. The Morgan fingerprint density at radius 2 is 1.96 bits per heavy atom. The topological polar surface area (TPSA) is 75.9 Å². The van der Waals surface area contributed by atoms with Crippen LogP contribution in [0, 0.1) is 10.1 Å². The molecule has 1 aliphatic rings. The lowest BCUT2D eigenvalue weighted by Gasteiger charge is -2.26. The number of nitrogens with zero attached hydrogens (tertiary/aromatic N) is 3. The SMILES string of the molecule is CC(C)(C)OC(=O)N1CCCN(c2ccc(Cl)cc2[N+](=O)[O-])CC1. The predicted molar refractivity (Wildman–Crippen MR) is 92.7 cm³/mol. The fourth-order valence-electron chi connectivity index (χ4n) is 2.58. The first-order valence-electron chi connectivity index (χ1n) is 7.84. The molecule has 0 unspecified atom stereocenters. The maximum absolute atomic E-state index is 12.2. The van der Waals surface area contributed by atoms with Crippen molar-refractivity contribution in [3.05, 3.63) is 33.3 Å². The molecule has 1 amide bonds. The quantitative estimate of drug-likeness (QED) is 0.597. The second-order valence-corrected chi connectivity index (χ2v) is 7.13. The first kappa shape index (κ1) is 18.3. The molecule has 7 nitrogen and oxygen atoms in total. The fraction of sp³-hybridized carbons (Fsp3) is 0.562. The van der Waals surface area contributed by atoms with Crippen molar-refractivity contribution in [2.45, 2.75) is 32.8 Å². The molecule has 1 aromatic carbocycles. The van der Waals surface area contributed by atoms with Gasteiger partial charge >= 0.3 is 6.09 Å². The number of benzene rings is 1. The monoisotopic (exact) mass is 355 g/mol. The van der Waals surface area contributed by atoms with Crippen molar-refractivity contribution in [2.24, 2.45) is 0 Å². The third-order valence-electron chi connectivity index (χ3n) is 3.62. The molecule has 0 bridgehead atoms. The lowest BCUT2D eigenvalue weighted by atomic mass is 10.2. The Morgan fingerprint density at radius 3 is 2.58 bits per heavy atom. The van der Waals surface area contributed by atoms with E-state index >= 15 is 0 Å². The highest BCUT2D eigenvalue weighted by molar-refractivity contribution is 6.30. The molecule has 1 aliphatic heterocycles. The Kier molecular flexibility index (Phi) is 5.54. The number of nitro groups is 1. The fourth-order valence-corrected chi connectivity index (χ4v) is 2.74. The zero-order valence-electron chi connectivity index (χ0n) is 14.1. The van der Waals surface area contributed by atoms with E-state index in [1.165, 1.54) is 6.07 Å². The Bertz CT molecular complexity index is 630. The predicted octanol–water partition coefficient (Wildman–Crippen LogP) is 3.70. The Balaban J connectivity index is 2.11. The molecule has 1 fully saturated rings. The van der Waals surface area contributed by atoms with E-state index in [1.54, 1.807) is 17.0 Å². The van der Waals surface area contributed by atoms with Crippen molar-refractivity contribution in [3.63, 3.8) is 0 Å². The van der Waals surface area contributed by atoms with E-state index in [4.69, 9.17) is 16.3 Å². The summed E-state index contributed by atoms with van der Waals surface area (Å²) in [7, 11) is 0. The zero-order valence-corrected chi connectivity index (χ0v) is 14.9. The van der Waals surface area contributed by atoms with Gasteiger partial charge < -0.3 is 14.5 Å². The van der Waals surface area contributed by atoms with Crippen LogP contribution in [-0.2, 0) is 4.74 Å². The number of halogens is 1. The van der Waals surface area contributed by atoms with Gasteiger partial charge in [0.1, 0.15) is 11.3 Å². The maximum Gasteiger partial charge on any atom is 0.410 e. The molecule has 0 N–H and O–H groups in total. The summed E-state index contributed by atoms with van der Waals surface area (Å²) in [5.74, 6) is 0. The zero-order chi connectivity index (χ0) is 17.9. The van der Waals surface area contributed by atoms with E-state index in [0.29, 0.717) is 43.3 Å². The van der Waals surface area contributed by atoms with Gasteiger partial charge in [-0.3, -0.25) is 10.1 Å². The average Bonchev–Trinajstić information content (AvgIpc) is 2.71. The minimum atomic E-state index is -0.544. The van der Waals surface area contributed by atoms with Crippen LogP contribution < -0.4 is 4.90 Å². The summed E-state index contributed by atoms with van der Waals surface area (Å²) >= 11 is 5.87. The van der Waals surface area contributed by atoms with E-state index in [1.807, 2.05) is 25.7 Å². The molecule has 132 valence electrons. The standard InChI is InChI=1S/C16H22ClN3O4/c1-16(2,3)24-15(21)19-8-4-7-18(9-10-19)13-6-5-12(17)11-14(13)20(22)23/h5-6,11H,4,7-10H2,1-3H3. The minimum Gasteiger partial charge on any atom is -0.444 e. The van der Waals surface area contributed by atoms with Crippen molar-refractivity contribution < 1.29 is 14.5 Å². The van der Waals surface area contributed by atoms with Gasteiger partial charge in [0.2, 0.25) is 0 Å². The van der Waals surface area contributed by atoms with Crippen molar-refractivity contribution in [1.82, 2.24) is 4.90 Å². The molecule has 0 atom stereocenters. The summed E-state index contributed by atoms with van der Waals surface area (Å²) < 4.78 is 5.39. The number of carbonyl (C=O) groups is 1. The second kappa shape index (κ2) is 7.25. The highest BCUT2D eigenvalue weighted by Crippen LogP contribution is 2.31. The normalized spacial score (nSPS) is 15.8. The first-order chi connectivity index (χ1) is 11.2. The number of ether oxygens (including phenoxy) is 1. The van der Waals surface area contributed by atoms with Gasteiger partial charge in [-0.15, -0.1) is 0 Å². The molecule has 1 heterocycles. The van der Waals surface area contributed by atoms with E-state index in [-0.39, 0.29) is 11.8 Å². The van der Waals surface area contributed by atoms with Crippen LogP contribution in [0.3, 0.4) is 0 Å². The smallest absolute Gasteiger partial charge is 0.410 e. The molecule has 24 heavy (non-hydrogen) atoms. The van der Waals surface area contributed by atoms with E-state index in [9.17, 15) is 14.9 Å². The molecule has 8 heteroatoms. The third-order valence-corrected chi connectivity index (χ3v) is 3.86. The summed E-state index contributed by atoms with van der Waals surface area (Å²) in [4.78, 5) is 26.6. The van der Waals surface area contributed by atoms with Crippen molar-refractivity contribution in [3.8, 4) is 0 Å². The average molecular weight is 356 g/mol. The van der Waals surface area contributed by atoms with Crippen LogP contribution in [0.5, 0.6) is 0 Å². The molecule has 1 saturated heterocycles. The van der Waals surface area contributed by atoms with E-state index < -0.39 is 10.5 Å². The van der Waals surface area contributed by atoms with Crippen LogP contribution in [0.15, 0.2) is 18.2 Å². The number of carbonyl (C=O) groups excluding carboxylic acids is 1. The number of amides is 1. The lowest BCUT2D eigenvalue weighted by Crippen LogP contribution is -2.39. The Labute approximate surface area is 146 Å². The van der Waals surface area contributed by atoms with Crippen LogP contribution in [-0.4, -0.2) is 47.7 Å². The largest absolute Gasteiger partial charge is 0.444 e. The Hall–Kier alpha value is -2.02. The van der Waals surface area contributed by atoms with Gasteiger partial charge in [0.25, 0.3) is 5.69 Å². The number of hydrogen-bond donors (Lipinski definition) is 0. The molecule has 0 aromatic heterocycles. The molecule has 0 radical (unpaired) electrons. The first-order valence-corrected chi connectivity index (χ1v) is 8.22. The summed E-state index contributed by atoms with van der Waals surface area (Å²) in [6.07, 6.45) is 0.355. The van der Waals surface area contributed by atoms with Crippen LogP contribution in [0.25, 0.3) is 0 Å². The van der Waals surface area contributed by atoms with Gasteiger partial charge in [0.15, 0.2) is 0 Å². The van der Waals surface area contributed by atoms with Crippen molar-refractivity contribution in [2.75, 3.05) is 31.1 Å². The number of hydrogen-bond acceptors (Lipinski definition) is 5. The van der Waals surface area contributed by atoms with Crippen molar-refractivity contribution >= 4 is 29.1 Å². The molecular weight excluding hydrogens is 334 g/mol. The van der Waals surface area contributed by atoms with Crippen LogP contribution in [0.1, 0.15) is 27.2 Å². The molecule has 0 aliphatic carbocycles. The molecule has 0 spiro atoms. The van der Waals surface area contributed by atoms with E-state index in [0.717, 1.165) is 0 Å². The van der Waals surface area contributed by atoms with Crippen molar-refractivity contribution in [1.29, 1.82) is 0 Å². The van der Waals surface area contributed by atoms with Gasteiger partial charge in [0.05, 0.1) is 4.92 Å². The maximum atomic E-state index is 12.2. The summed E-state index contributed by atoms with van der Waals surface area (Å²) in [6, 6.07) is 4.65. The number of rotatable bonds is 2. The highest BCUT2D eigenvalue weighted by Gasteiger charge is 2.27.